The second-order valence-corrected chi connectivity index (χ2v) is 14.3. The summed E-state index contributed by atoms with van der Waals surface area (Å²) in [4.78, 5) is 64.2. The van der Waals surface area contributed by atoms with Crippen LogP contribution in [0.3, 0.4) is 0 Å². The number of ketones is 4. The highest BCUT2D eigenvalue weighted by molar-refractivity contribution is 6.32. The molecule has 0 amide bonds. The van der Waals surface area contributed by atoms with Crippen molar-refractivity contribution in [2.75, 3.05) is 38.1 Å². The molecule has 2 aliphatic rings. The first kappa shape index (κ1) is 41.5. The van der Waals surface area contributed by atoms with Crippen molar-refractivity contribution in [3.63, 3.8) is 0 Å². The van der Waals surface area contributed by atoms with E-state index in [2.05, 4.69) is 17.2 Å². The molecule has 0 bridgehead atoms. The van der Waals surface area contributed by atoms with Crippen molar-refractivity contribution < 1.29 is 43.3 Å². The van der Waals surface area contributed by atoms with Crippen molar-refractivity contribution in [3.8, 4) is 11.5 Å². The number of nitrogens with one attached hydrogen (secondary N) is 2. The minimum Gasteiger partial charge on any atom is -0.496 e. The number of hydrogen-bond acceptors (Lipinski definition) is 11. The number of carbonyl (C=O) groups excluding carboxylic acids is 5. The zero-order valence-electron chi connectivity index (χ0n) is 33.8. The molecule has 11 heteroatoms. The van der Waals surface area contributed by atoms with Gasteiger partial charge in [-0.15, -0.1) is 0 Å². The van der Waals surface area contributed by atoms with Crippen LogP contribution in [0.2, 0.25) is 0 Å². The van der Waals surface area contributed by atoms with Crippen LogP contribution < -0.4 is 20.1 Å². The number of rotatable bonds is 12. The first-order chi connectivity index (χ1) is 29.5. The van der Waals surface area contributed by atoms with E-state index in [9.17, 15) is 24.0 Å². The van der Waals surface area contributed by atoms with E-state index in [4.69, 9.17) is 19.3 Å². The first-order valence-corrected chi connectivity index (χ1v) is 19.5. The Morgan fingerprint density at radius 2 is 0.918 bits per heavy atom. The molecule has 61 heavy (non-hydrogen) atoms. The van der Waals surface area contributed by atoms with Gasteiger partial charge in [-0.2, -0.15) is 0 Å². The van der Waals surface area contributed by atoms with Crippen molar-refractivity contribution in [1.29, 1.82) is 0 Å². The summed E-state index contributed by atoms with van der Waals surface area (Å²) in [5.41, 5.74) is 7.72. The van der Waals surface area contributed by atoms with Crippen LogP contribution in [0.4, 0.5) is 22.7 Å². The molecule has 0 unspecified atom stereocenters. The van der Waals surface area contributed by atoms with Gasteiger partial charge in [0.2, 0.25) is 0 Å². The highest BCUT2D eigenvalue weighted by atomic mass is 16.5. The third-order valence-electron chi connectivity index (χ3n) is 10.4. The summed E-state index contributed by atoms with van der Waals surface area (Å²) in [5.74, 6) is -0.543. The fourth-order valence-corrected chi connectivity index (χ4v) is 7.27. The van der Waals surface area contributed by atoms with Gasteiger partial charge in [-0.3, -0.25) is 19.2 Å². The number of fused-ring (bicyclic) bond motifs is 4. The Bertz CT molecular complexity index is 2720. The molecule has 11 nitrogen and oxygen atoms in total. The van der Waals surface area contributed by atoms with Crippen molar-refractivity contribution in [3.05, 3.63) is 189 Å². The van der Waals surface area contributed by atoms with Gasteiger partial charge in [0.15, 0.2) is 23.1 Å². The quantitative estimate of drug-likeness (QED) is 0.0801. The van der Waals surface area contributed by atoms with Crippen molar-refractivity contribution in [2.24, 2.45) is 0 Å². The lowest BCUT2D eigenvalue weighted by atomic mass is 9.82. The SMILES string of the molecule is C=C(C)C(=O)OCCc1ccc(Nc2ccc(OC)c3c2C(=O)c2ccccc2C3=O)cc1.COc1ccc(Nc2ccc(CCO)cc2)c2c1C(=O)c1ccccc1C2=O. The zero-order chi connectivity index (χ0) is 43.2. The van der Waals surface area contributed by atoms with Gasteiger partial charge in [0.05, 0.1) is 54.5 Å². The van der Waals surface area contributed by atoms with Gasteiger partial charge in [0.1, 0.15) is 11.5 Å². The van der Waals surface area contributed by atoms with Crippen LogP contribution in [0.25, 0.3) is 0 Å². The van der Waals surface area contributed by atoms with Gasteiger partial charge in [-0.1, -0.05) is 79.4 Å². The van der Waals surface area contributed by atoms with Crippen molar-refractivity contribution >= 4 is 51.9 Å². The number of ether oxygens (including phenoxy) is 3. The molecule has 0 radical (unpaired) electrons. The van der Waals surface area contributed by atoms with Gasteiger partial charge >= 0.3 is 5.97 Å². The maximum absolute atomic E-state index is 13.3. The molecule has 0 atom stereocenters. The monoisotopic (exact) mass is 814 g/mol. The van der Waals surface area contributed by atoms with E-state index < -0.39 is 5.97 Å². The molecule has 6 aromatic rings. The summed E-state index contributed by atoms with van der Waals surface area (Å²) in [6, 6.07) is 35.7. The Balaban J connectivity index is 0.000000186. The van der Waals surface area contributed by atoms with Crippen LogP contribution in [0.5, 0.6) is 11.5 Å². The molecule has 0 aromatic heterocycles. The molecule has 0 saturated carbocycles. The third-order valence-corrected chi connectivity index (χ3v) is 10.4. The fourth-order valence-electron chi connectivity index (χ4n) is 7.27. The van der Waals surface area contributed by atoms with E-state index in [1.54, 1.807) is 79.7 Å². The van der Waals surface area contributed by atoms with Gasteiger partial charge in [0, 0.05) is 52.2 Å². The minimum absolute atomic E-state index is 0.0920. The molecule has 0 fully saturated rings. The highest BCUT2D eigenvalue weighted by Gasteiger charge is 2.36. The van der Waals surface area contributed by atoms with Crippen LogP contribution in [0.1, 0.15) is 81.7 Å². The smallest absolute Gasteiger partial charge is 0.333 e. The Labute approximate surface area is 352 Å². The molecule has 0 heterocycles. The van der Waals surface area contributed by atoms with Crippen LogP contribution >= 0.6 is 0 Å². The number of benzene rings is 6. The van der Waals surface area contributed by atoms with Gasteiger partial charge in [0.25, 0.3) is 0 Å². The predicted octanol–water partition coefficient (Wildman–Crippen LogP) is 8.63. The van der Waals surface area contributed by atoms with E-state index in [1.807, 2.05) is 48.5 Å². The standard InChI is InChI=1S/C27H23NO5.C23H19NO4/c1-16(2)27(31)33-15-14-17-8-10-18(11-9-17)28-21-12-13-22(32-3)24-23(21)25(29)19-6-4-5-7-20(19)26(24)30;1-28-19-11-10-18(24-15-8-6-14(7-9-15)12-13-25)20-21(19)23(27)17-5-3-2-4-16(17)22(20)26/h4-13,28H,1,14-15H2,2-3H3;2-11,24-25H,12-13H2,1H3. The summed E-state index contributed by atoms with van der Waals surface area (Å²) < 4.78 is 15.9. The number of carbonyl (C=O) groups is 5. The normalized spacial score (nSPS) is 12.1. The minimum atomic E-state index is -0.404. The molecule has 306 valence electrons. The van der Waals surface area contributed by atoms with E-state index in [1.165, 1.54) is 14.2 Å². The summed E-state index contributed by atoms with van der Waals surface area (Å²) in [6.45, 7) is 5.53. The number of aliphatic hydroxyl groups is 1. The molecule has 0 aliphatic heterocycles. The number of hydrogen-bond donors (Lipinski definition) is 3. The second kappa shape index (κ2) is 18.1. The van der Waals surface area contributed by atoms with Crippen LogP contribution in [0, 0.1) is 0 Å². The van der Waals surface area contributed by atoms with Crippen LogP contribution in [-0.2, 0) is 22.4 Å². The topological polar surface area (TPSA) is 157 Å². The number of anilines is 4. The van der Waals surface area contributed by atoms with Gasteiger partial charge in [-0.05, 0) is 73.0 Å². The fraction of sp³-hybridized carbons (Fsp3) is 0.140. The number of aliphatic hydroxyl groups excluding tert-OH is 1. The summed E-state index contributed by atoms with van der Waals surface area (Å²) in [6.07, 6.45) is 1.16. The second-order valence-electron chi connectivity index (χ2n) is 14.3. The predicted molar refractivity (Wildman–Crippen MR) is 232 cm³/mol. The largest absolute Gasteiger partial charge is 0.496 e. The number of methoxy groups -OCH3 is 2. The molecule has 3 N–H and O–H groups in total. The summed E-state index contributed by atoms with van der Waals surface area (Å²) in [5, 5.41) is 15.5. The Morgan fingerprint density at radius 1 is 0.541 bits per heavy atom. The molecule has 6 aromatic carbocycles. The lowest BCUT2D eigenvalue weighted by molar-refractivity contribution is -0.138. The molecule has 0 saturated heterocycles. The molecular formula is C50H42N2O9. The van der Waals surface area contributed by atoms with Crippen molar-refractivity contribution in [1.82, 2.24) is 0 Å². The highest BCUT2D eigenvalue weighted by Crippen LogP contribution is 2.40. The Morgan fingerprint density at radius 3 is 1.28 bits per heavy atom. The molecular weight excluding hydrogens is 773 g/mol. The average Bonchev–Trinajstić information content (AvgIpc) is 3.28. The van der Waals surface area contributed by atoms with E-state index >= 15 is 0 Å². The zero-order valence-corrected chi connectivity index (χ0v) is 33.8. The van der Waals surface area contributed by atoms with Crippen LogP contribution in [-0.4, -0.2) is 61.6 Å². The van der Waals surface area contributed by atoms with E-state index in [0.29, 0.717) is 74.7 Å². The van der Waals surface area contributed by atoms with Crippen molar-refractivity contribution in [2.45, 2.75) is 19.8 Å². The van der Waals surface area contributed by atoms with Gasteiger partial charge in [-0.25, -0.2) is 4.79 Å². The number of esters is 1. The first-order valence-electron chi connectivity index (χ1n) is 19.5. The Kier molecular flexibility index (Phi) is 12.3. The maximum Gasteiger partial charge on any atom is 0.333 e. The van der Waals surface area contributed by atoms with E-state index in [0.717, 1.165) is 22.5 Å². The maximum atomic E-state index is 13.3. The summed E-state index contributed by atoms with van der Waals surface area (Å²) in [7, 11) is 2.97. The molecule has 8 rings (SSSR count). The Hall–Kier alpha value is -7.63. The average molecular weight is 815 g/mol. The molecule has 0 spiro atoms. The lowest BCUT2D eigenvalue weighted by Gasteiger charge is -2.22. The summed E-state index contributed by atoms with van der Waals surface area (Å²) >= 11 is 0. The van der Waals surface area contributed by atoms with Crippen LogP contribution in [0.15, 0.2) is 133 Å². The lowest BCUT2D eigenvalue weighted by Crippen LogP contribution is -2.23. The molecule has 2 aliphatic carbocycles. The third kappa shape index (κ3) is 8.45. The van der Waals surface area contributed by atoms with Gasteiger partial charge < -0.3 is 30.0 Å². The van der Waals surface area contributed by atoms with E-state index in [-0.39, 0.29) is 47.5 Å².